The van der Waals surface area contributed by atoms with Gasteiger partial charge in [-0.1, -0.05) is 41.4 Å². The fourth-order valence-electron chi connectivity index (χ4n) is 3.02. The zero-order valence-electron chi connectivity index (χ0n) is 13.6. The van der Waals surface area contributed by atoms with E-state index in [2.05, 4.69) is 32.3 Å². The van der Waals surface area contributed by atoms with E-state index < -0.39 is 0 Å². The van der Waals surface area contributed by atoms with Crippen LogP contribution in [0, 0.1) is 0 Å². The van der Waals surface area contributed by atoms with Crippen LogP contribution in [-0.2, 0) is 6.42 Å². The van der Waals surface area contributed by atoms with Crippen molar-refractivity contribution in [2.75, 3.05) is 16.8 Å². The van der Waals surface area contributed by atoms with E-state index in [1.54, 1.807) is 24.3 Å². The van der Waals surface area contributed by atoms with Crippen LogP contribution in [0.4, 0.5) is 17.2 Å². The molecular weight excluding hydrogens is 371 g/mol. The maximum atomic E-state index is 12.5. The van der Waals surface area contributed by atoms with Crippen molar-refractivity contribution < 1.29 is 4.79 Å². The summed E-state index contributed by atoms with van der Waals surface area (Å²) in [6, 6.07) is 14.7. The van der Waals surface area contributed by atoms with Gasteiger partial charge in [-0.3, -0.25) is 4.79 Å². The normalized spacial score (nSPS) is 12.8. The summed E-state index contributed by atoms with van der Waals surface area (Å²) in [6.07, 6.45) is 2.35. The minimum absolute atomic E-state index is 0.274. The quantitative estimate of drug-likeness (QED) is 0.708. The summed E-state index contributed by atoms with van der Waals surface area (Å²) in [5.41, 5.74) is 3.17. The van der Waals surface area contributed by atoms with Crippen molar-refractivity contribution in [2.45, 2.75) is 6.42 Å². The lowest BCUT2D eigenvalue weighted by molar-refractivity contribution is 0.102. The van der Waals surface area contributed by atoms with Gasteiger partial charge in [0.25, 0.3) is 5.91 Å². The van der Waals surface area contributed by atoms with E-state index in [1.807, 2.05) is 12.1 Å². The molecule has 0 fully saturated rings. The van der Waals surface area contributed by atoms with Gasteiger partial charge in [0.1, 0.15) is 17.8 Å². The molecule has 3 aromatic rings. The van der Waals surface area contributed by atoms with Crippen LogP contribution < -0.4 is 10.2 Å². The Labute approximate surface area is 160 Å². The summed E-state index contributed by atoms with van der Waals surface area (Å²) in [5.74, 6) is 0.346. The Kier molecular flexibility index (Phi) is 4.49. The monoisotopic (exact) mass is 384 g/mol. The standard InChI is InChI=1S/C19H14Cl2N4O/c20-13-7-14(21)9-15(8-13)24-19(26)16-10-18(23-11-22-16)25-6-5-12-3-1-2-4-17(12)25/h1-4,7-11H,5-6H2,(H,24,26). The van der Waals surface area contributed by atoms with E-state index in [4.69, 9.17) is 23.2 Å². The number of benzene rings is 2. The van der Waals surface area contributed by atoms with Crippen molar-refractivity contribution in [1.82, 2.24) is 9.97 Å². The first-order valence-corrected chi connectivity index (χ1v) is 8.81. The number of hydrogen-bond donors (Lipinski definition) is 1. The Balaban J connectivity index is 1.59. The molecule has 1 aliphatic heterocycles. The molecular formula is C19H14Cl2N4O. The molecule has 1 aromatic heterocycles. The predicted octanol–water partition coefficient (Wildman–Crippen LogP) is 4.73. The van der Waals surface area contributed by atoms with Crippen LogP contribution in [0.25, 0.3) is 0 Å². The number of para-hydroxylation sites is 1. The maximum absolute atomic E-state index is 12.5. The SMILES string of the molecule is O=C(Nc1cc(Cl)cc(Cl)c1)c1cc(N2CCc3ccccc32)ncn1. The average Bonchev–Trinajstić information content (AvgIpc) is 3.05. The first kappa shape index (κ1) is 16.8. The van der Waals surface area contributed by atoms with E-state index in [9.17, 15) is 4.79 Å². The molecule has 0 radical (unpaired) electrons. The van der Waals surface area contributed by atoms with Gasteiger partial charge in [-0.15, -0.1) is 0 Å². The summed E-state index contributed by atoms with van der Waals surface area (Å²) in [5, 5.41) is 3.66. The highest BCUT2D eigenvalue weighted by atomic mass is 35.5. The molecule has 1 amide bonds. The van der Waals surface area contributed by atoms with Gasteiger partial charge in [0, 0.05) is 34.0 Å². The molecule has 5 nitrogen and oxygen atoms in total. The number of carbonyl (C=O) groups excluding carboxylic acids is 1. The molecule has 130 valence electrons. The minimum Gasteiger partial charge on any atom is -0.326 e. The van der Waals surface area contributed by atoms with Gasteiger partial charge in [-0.2, -0.15) is 0 Å². The molecule has 2 heterocycles. The Morgan fingerprint density at radius 3 is 2.62 bits per heavy atom. The smallest absolute Gasteiger partial charge is 0.274 e. The molecule has 1 N–H and O–H groups in total. The van der Waals surface area contributed by atoms with Gasteiger partial charge in [0.2, 0.25) is 0 Å². The average molecular weight is 385 g/mol. The van der Waals surface area contributed by atoms with Crippen LogP contribution in [0.1, 0.15) is 16.1 Å². The third kappa shape index (κ3) is 3.36. The van der Waals surface area contributed by atoms with Gasteiger partial charge in [-0.25, -0.2) is 9.97 Å². The number of nitrogens with zero attached hydrogens (tertiary/aromatic N) is 3. The highest BCUT2D eigenvalue weighted by Crippen LogP contribution is 2.33. The topological polar surface area (TPSA) is 58.1 Å². The molecule has 1 aliphatic rings. The zero-order chi connectivity index (χ0) is 18.1. The summed E-state index contributed by atoms with van der Waals surface area (Å²) >= 11 is 11.9. The van der Waals surface area contributed by atoms with Gasteiger partial charge < -0.3 is 10.2 Å². The second-order valence-corrected chi connectivity index (χ2v) is 6.78. The van der Waals surface area contributed by atoms with E-state index in [0.29, 0.717) is 21.6 Å². The molecule has 0 aliphatic carbocycles. The van der Waals surface area contributed by atoms with Crippen molar-refractivity contribution in [3.63, 3.8) is 0 Å². The molecule has 0 saturated carbocycles. The molecule has 0 atom stereocenters. The highest BCUT2D eigenvalue weighted by Gasteiger charge is 2.22. The lowest BCUT2D eigenvalue weighted by Crippen LogP contribution is -2.18. The third-order valence-electron chi connectivity index (χ3n) is 4.17. The Morgan fingerprint density at radius 1 is 1.04 bits per heavy atom. The van der Waals surface area contributed by atoms with Crippen molar-refractivity contribution in [1.29, 1.82) is 0 Å². The Hall–Kier alpha value is -2.63. The summed E-state index contributed by atoms with van der Waals surface area (Å²) < 4.78 is 0. The third-order valence-corrected chi connectivity index (χ3v) is 4.61. The van der Waals surface area contributed by atoms with Gasteiger partial charge >= 0.3 is 0 Å². The van der Waals surface area contributed by atoms with E-state index >= 15 is 0 Å². The van der Waals surface area contributed by atoms with Crippen LogP contribution >= 0.6 is 23.2 Å². The molecule has 0 bridgehead atoms. The van der Waals surface area contributed by atoms with Gasteiger partial charge in [-0.05, 0) is 36.2 Å². The number of aromatic nitrogens is 2. The highest BCUT2D eigenvalue weighted by molar-refractivity contribution is 6.35. The number of nitrogens with one attached hydrogen (secondary N) is 1. The lowest BCUT2D eigenvalue weighted by Gasteiger charge is -2.18. The van der Waals surface area contributed by atoms with E-state index in [0.717, 1.165) is 18.7 Å². The molecule has 0 saturated heterocycles. The second kappa shape index (κ2) is 6.94. The van der Waals surface area contributed by atoms with Gasteiger partial charge in [0.15, 0.2) is 0 Å². The summed E-state index contributed by atoms with van der Waals surface area (Å²) in [4.78, 5) is 23.1. The van der Waals surface area contributed by atoms with Crippen LogP contribution in [0.2, 0.25) is 10.0 Å². The van der Waals surface area contributed by atoms with Gasteiger partial charge in [0.05, 0.1) is 0 Å². The lowest BCUT2D eigenvalue weighted by atomic mass is 10.2. The second-order valence-electron chi connectivity index (χ2n) is 5.90. The molecule has 4 rings (SSSR count). The number of halogens is 2. The van der Waals surface area contributed by atoms with E-state index in [-0.39, 0.29) is 11.6 Å². The van der Waals surface area contributed by atoms with Crippen molar-refractivity contribution in [3.8, 4) is 0 Å². The Morgan fingerprint density at radius 2 is 1.81 bits per heavy atom. The molecule has 7 heteroatoms. The Bertz CT molecular complexity index is 973. The molecule has 0 spiro atoms. The molecule has 2 aromatic carbocycles. The number of amides is 1. The van der Waals surface area contributed by atoms with Crippen LogP contribution in [0.5, 0.6) is 0 Å². The zero-order valence-corrected chi connectivity index (χ0v) is 15.1. The number of rotatable bonds is 3. The first-order chi connectivity index (χ1) is 12.6. The van der Waals surface area contributed by atoms with Crippen LogP contribution in [0.15, 0.2) is 54.9 Å². The minimum atomic E-state index is -0.348. The number of carbonyl (C=O) groups is 1. The first-order valence-electron chi connectivity index (χ1n) is 8.05. The van der Waals surface area contributed by atoms with Crippen LogP contribution in [-0.4, -0.2) is 22.4 Å². The fraction of sp³-hybridized carbons (Fsp3) is 0.105. The largest absolute Gasteiger partial charge is 0.326 e. The molecule has 26 heavy (non-hydrogen) atoms. The van der Waals surface area contributed by atoms with Crippen molar-refractivity contribution in [3.05, 3.63) is 76.2 Å². The number of anilines is 3. The van der Waals surface area contributed by atoms with E-state index in [1.165, 1.54) is 11.9 Å². The van der Waals surface area contributed by atoms with Crippen LogP contribution in [0.3, 0.4) is 0 Å². The number of fused-ring (bicyclic) bond motifs is 1. The summed E-state index contributed by atoms with van der Waals surface area (Å²) in [7, 11) is 0. The molecule has 0 unspecified atom stereocenters. The van der Waals surface area contributed by atoms with Crippen molar-refractivity contribution >= 4 is 46.3 Å². The maximum Gasteiger partial charge on any atom is 0.274 e. The predicted molar refractivity (Wildman–Crippen MR) is 104 cm³/mol. The summed E-state index contributed by atoms with van der Waals surface area (Å²) in [6.45, 7) is 0.821. The van der Waals surface area contributed by atoms with Crippen molar-refractivity contribution in [2.24, 2.45) is 0 Å². The fourth-order valence-corrected chi connectivity index (χ4v) is 3.54. The number of hydrogen-bond acceptors (Lipinski definition) is 4.